The van der Waals surface area contributed by atoms with Gasteiger partial charge in [0.2, 0.25) is 11.9 Å². The number of anilines is 1. The summed E-state index contributed by atoms with van der Waals surface area (Å²) >= 11 is 6.10. The van der Waals surface area contributed by atoms with Gasteiger partial charge in [-0.25, -0.2) is 0 Å². The minimum atomic E-state index is -0.187. The Balaban J connectivity index is 1.60. The number of carbonyl (C=O) groups excluding carboxylic acids is 1. The fourth-order valence-corrected chi connectivity index (χ4v) is 2.87. The number of hydrogen-bond acceptors (Lipinski definition) is 5. The van der Waals surface area contributed by atoms with E-state index in [2.05, 4.69) is 20.5 Å². The number of nitrogens with one attached hydrogen (secondary N) is 2. The summed E-state index contributed by atoms with van der Waals surface area (Å²) < 4.78 is 10.4. The van der Waals surface area contributed by atoms with Gasteiger partial charge in [-0.05, 0) is 36.2 Å². The van der Waals surface area contributed by atoms with Crippen LogP contribution in [0.2, 0.25) is 5.02 Å². The van der Waals surface area contributed by atoms with E-state index >= 15 is 0 Å². The maximum atomic E-state index is 12.2. The number of methoxy groups -OCH3 is 2. The van der Waals surface area contributed by atoms with Crippen LogP contribution in [0.25, 0.3) is 11.4 Å². The van der Waals surface area contributed by atoms with E-state index in [1.54, 1.807) is 26.4 Å². The topological polar surface area (TPSA) is 89.1 Å². The van der Waals surface area contributed by atoms with Gasteiger partial charge in [0, 0.05) is 6.42 Å². The first-order valence-corrected chi connectivity index (χ1v) is 8.66. The molecule has 0 fully saturated rings. The lowest BCUT2D eigenvalue weighted by atomic mass is 10.1. The van der Waals surface area contributed by atoms with E-state index in [1.165, 1.54) is 0 Å². The molecule has 0 saturated heterocycles. The van der Waals surface area contributed by atoms with Crippen molar-refractivity contribution in [2.24, 2.45) is 0 Å². The molecular weight excluding hydrogens is 368 g/mol. The molecule has 0 aliphatic carbocycles. The Morgan fingerprint density at radius 2 is 1.93 bits per heavy atom. The lowest BCUT2D eigenvalue weighted by Crippen LogP contribution is -2.13. The van der Waals surface area contributed by atoms with Crippen molar-refractivity contribution in [3.8, 4) is 22.9 Å². The van der Waals surface area contributed by atoms with Gasteiger partial charge < -0.3 is 9.47 Å². The zero-order chi connectivity index (χ0) is 19.2. The monoisotopic (exact) mass is 386 g/mol. The van der Waals surface area contributed by atoms with Gasteiger partial charge in [-0.15, -0.1) is 5.10 Å². The summed E-state index contributed by atoms with van der Waals surface area (Å²) in [5.41, 5.74) is 1.71. The maximum absolute atomic E-state index is 12.2. The molecule has 2 aromatic carbocycles. The van der Waals surface area contributed by atoms with Crippen molar-refractivity contribution in [2.75, 3.05) is 19.5 Å². The van der Waals surface area contributed by atoms with Gasteiger partial charge in [-0.1, -0.05) is 29.8 Å². The standard InChI is InChI=1S/C19H19ClN4O3/c1-26-15-6-4-3-5-13(15)18-22-19(24-23-18)21-17(25)10-8-12-7-9-16(27-2)14(20)11-12/h3-7,9,11H,8,10H2,1-2H3,(H2,21,22,23,24,25). The fraction of sp³-hybridized carbons (Fsp3) is 0.211. The van der Waals surface area contributed by atoms with Crippen molar-refractivity contribution < 1.29 is 14.3 Å². The molecule has 1 amide bonds. The van der Waals surface area contributed by atoms with Crippen LogP contribution in [-0.4, -0.2) is 35.3 Å². The summed E-state index contributed by atoms with van der Waals surface area (Å²) in [4.78, 5) is 16.5. The third-order valence-corrected chi connectivity index (χ3v) is 4.25. The number of aryl methyl sites for hydroxylation is 1. The second kappa shape index (κ2) is 8.55. The van der Waals surface area contributed by atoms with Gasteiger partial charge in [0.15, 0.2) is 5.82 Å². The third kappa shape index (κ3) is 4.57. The number of halogens is 1. The lowest BCUT2D eigenvalue weighted by Gasteiger charge is -2.06. The molecule has 0 aliphatic rings. The van der Waals surface area contributed by atoms with Crippen LogP contribution in [-0.2, 0) is 11.2 Å². The Kier molecular flexibility index (Phi) is 5.93. The van der Waals surface area contributed by atoms with E-state index in [-0.39, 0.29) is 18.3 Å². The SMILES string of the molecule is COc1ccc(CCC(=O)Nc2n[nH]c(-c3ccccc3OC)n2)cc1Cl. The second-order valence-electron chi connectivity index (χ2n) is 5.72. The molecule has 1 aromatic heterocycles. The van der Waals surface area contributed by atoms with E-state index in [9.17, 15) is 4.79 Å². The van der Waals surface area contributed by atoms with Crippen molar-refractivity contribution >= 4 is 23.5 Å². The van der Waals surface area contributed by atoms with Crippen LogP contribution in [0.15, 0.2) is 42.5 Å². The molecule has 3 rings (SSSR count). The summed E-state index contributed by atoms with van der Waals surface area (Å²) in [6, 6.07) is 12.9. The molecule has 7 nitrogen and oxygen atoms in total. The molecule has 0 aliphatic heterocycles. The van der Waals surface area contributed by atoms with Gasteiger partial charge >= 0.3 is 0 Å². The summed E-state index contributed by atoms with van der Waals surface area (Å²) in [6.45, 7) is 0. The lowest BCUT2D eigenvalue weighted by molar-refractivity contribution is -0.116. The largest absolute Gasteiger partial charge is 0.496 e. The molecule has 3 aromatic rings. The Labute approximate surface area is 161 Å². The first-order valence-electron chi connectivity index (χ1n) is 8.28. The first-order chi connectivity index (χ1) is 13.1. The molecule has 0 atom stereocenters. The Morgan fingerprint density at radius 3 is 2.67 bits per heavy atom. The quantitative estimate of drug-likeness (QED) is 0.646. The number of nitrogens with zero attached hydrogens (tertiary/aromatic N) is 2. The molecule has 0 unspecified atom stereocenters. The van der Waals surface area contributed by atoms with Gasteiger partial charge in [0.1, 0.15) is 11.5 Å². The summed E-state index contributed by atoms with van der Waals surface area (Å²) in [5, 5.41) is 10.1. The summed E-state index contributed by atoms with van der Waals surface area (Å²) in [5.74, 6) is 1.82. The number of aromatic amines is 1. The highest BCUT2D eigenvalue weighted by molar-refractivity contribution is 6.32. The van der Waals surface area contributed by atoms with Crippen LogP contribution in [0.1, 0.15) is 12.0 Å². The van der Waals surface area contributed by atoms with Crippen LogP contribution >= 0.6 is 11.6 Å². The minimum Gasteiger partial charge on any atom is -0.496 e. The molecule has 0 saturated carbocycles. The van der Waals surface area contributed by atoms with Crippen molar-refractivity contribution in [1.82, 2.24) is 15.2 Å². The molecule has 0 radical (unpaired) electrons. The molecule has 0 bridgehead atoms. The third-order valence-electron chi connectivity index (χ3n) is 3.96. The number of H-pyrrole nitrogens is 1. The molecule has 8 heteroatoms. The van der Waals surface area contributed by atoms with Crippen LogP contribution in [0.5, 0.6) is 11.5 Å². The highest BCUT2D eigenvalue weighted by Gasteiger charge is 2.12. The van der Waals surface area contributed by atoms with E-state index in [1.807, 2.05) is 30.3 Å². The predicted molar refractivity (Wildman–Crippen MR) is 103 cm³/mol. The number of benzene rings is 2. The molecule has 0 spiro atoms. The van der Waals surface area contributed by atoms with Crippen molar-refractivity contribution in [1.29, 1.82) is 0 Å². The number of rotatable bonds is 7. The Morgan fingerprint density at radius 1 is 1.15 bits per heavy atom. The normalized spacial score (nSPS) is 10.5. The van der Waals surface area contributed by atoms with Gasteiger partial charge in [-0.2, -0.15) is 4.98 Å². The minimum absolute atomic E-state index is 0.187. The Bertz CT molecular complexity index is 942. The smallest absolute Gasteiger partial charge is 0.249 e. The van der Waals surface area contributed by atoms with E-state index in [0.29, 0.717) is 28.8 Å². The number of aromatic nitrogens is 3. The number of amides is 1. The highest BCUT2D eigenvalue weighted by atomic mass is 35.5. The molecule has 140 valence electrons. The van der Waals surface area contributed by atoms with Crippen molar-refractivity contribution in [3.63, 3.8) is 0 Å². The van der Waals surface area contributed by atoms with Gasteiger partial charge in [-0.3, -0.25) is 15.2 Å². The predicted octanol–water partition coefficient (Wildman–Crippen LogP) is 3.71. The number of para-hydroxylation sites is 1. The van der Waals surface area contributed by atoms with Crippen LogP contribution < -0.4 is 14.8 Å². The maximum Gasteiger partial charge on any atom is 0.249 e. The second-order valence-corrected chi connectivity index (χ2v) is 6.13. The van der Waals surface area contributed by atoms with Gasteiger partial charge in [0.05, 0.1) is 24.8 Å². The molecular formula is C19H19ClN4O3. The number of ether oxygens (including phenoxy) is 2. The first kappa shape index (κ1) is 18.7. The molecule has 1 heterocycles. The fourth-order valence-electron chi connectivity index (χ4n) is 2.59. The zero-order valence-corrected chi connectivity index (χ0v) is 15.7. The van der Waals surface area contributed by atoms with Crippen LogP contribution in [0.4, 0.5) is 5.95 Å². The Hall–Kier alpha value is -3.06. The van der Waals surface area contributed by atoms with E-state index in [4.69, 9.17) is 21.1 Å². The van der Waals surface area contributed by atoms with E-state index < -0.39 is 0 Å². The number of carbonyl (C=O) groups is 1. The highest BCUT2D eigenvalue weighted by Crippen LogP contribution is 2.27. The van der Waals surface area contributed by atoms with Gasteiger partial charge in [0.25, 0.3) is 0 Å². The summed E-state index contributed by atoms with van der Waals surface area (Å²) in [6.07, 6.45) is 0.820. The molecule has 27 heavy (non-hydrogen) atoms. The van der Waals surface area contributed by atoms with E-state index in [0.717, 1.165) is 11.1 Å². The zero-order valence-electron chi connectivity index (χ0n) is 15.0. The van der Waals surface area contributed by atoms with Crippen molar-refractivity contribution in [2.45, 2.75) is 12.8 Å². The van der Waals surface area contributed by atoms with Crippen LogP contribution in [0.3, 0.4) is 0 Å². The average Bonchev–Trinajstić information content (AvgIpc) is 3.14. The molecule has 2 N–H and O–H groups in total. The average molecular weight is 387 g/mol. The van der Waals surface area contributed by atoms with Crippen LogP contribution in [0, 0.1) is 0 Å². The van der Waals surface area contributed by atoms with Crippen molar-refractivity contribution in [3.05, 3.63) is 53.1 Å². The number of hydrogen-bond donors (Lipinski definition) is 2. The summed E-state index contributed by atoms with van der Waals surface area (Å²) in [7, 11) is 3.15.